The molecule has 0 aromatic heterocycles. The van der Waals surface area contributed by atoms with E-state index in [2.05, 4.69) is 31.2 Å². The first kappa shape index (κ1) is 22.1. The van der Waals surface area contributed by atoms with Crippen molar-refractivity contribution < 1.29 is 4.39 Å². The van der Waals surface area contributed by atoms with Crippen molar-refractivity contribution in [3.8, 4) is 6.07 Å². The van der Waals surface area contributed by atoms with E-state index in [-0.39, 0.29) is 11.4 Å². The van der Waals surface area contributed by atoms with Crippen LogP contribution in [0.5, 0.6) is 0 Å². The average Bonchev–Trinajstić information content (AvgIpc) is 2.81. The van der Waals surface area contributed by atoms with Crippen molar-refractivity contribution in [2.75, 3.05) is 0 Å². The van der Waals surface area contributed by atoms with Crippen molar-refractivity contribution in [1.82, 2.24) is 0 Å². The van der Waals surface area contributed by atoms with Crippen molar-refractivity contribution in [3.05, 3.63) is 70.0 Å². The molecule has 1 saturated carbocycles. The summed E-state index contributed by atoms with van der Waals surface area (Å²) >= 11 is 0. The van der Waals surface area contributed by atoms with E-state index >= 15 is 0 Å². The predicted molar refractivity (Wildman–Crippen MR) is 126 cm³/mol. The summed E-state index contributed by atoms with van der Waals surface area (Å²) in [6, 6.07) is 14.7. The zero-order valence-electron chi connectivity index (χ0n) is 19.0. The maximum absolute atomic E-state index is 14.1. The molecular weight excluding hydrogens is 381 g/mol. The van der Waals surface area contributed by atoms with Gasteiger partial charge in [-0.3, -0.25) is 0 Å². The monoisotopic (exact) mass is 417 g/mol. The minimum absolute atomic E-state index is 0.178. The van der Waals surface area contributed by atoms with E-state index in [1.807, 2.05) is 6.07 Å². The molecule has 1 nitrogen and oxygen atoms in total. The summed E-state index contributed by atoms with van der Waals surface area (Å²) in [6.45, 7) is 2.29. The molecule has 31 heavy (non-hydrogen) atoms. The maximum Gasteiger partial charge on any atom is 0.141 e. The third-order valence-electron chi connectivity index (χ3n) is 7.83. The molecule has 0 spiro atoms. The van der Waals surface area contributed by atoms with Gasteiger partial charge >= 0.3 is 0 Å². The van der Waals surface area contributed by atoms with Gasteiger partial charge in [0.1, 0.15) is 11.9 Å². The first-order valence-electron chi connectivity index (χ1n) is 12.5. The smallest absolute Gasteiger partial charge is 0.141 e. The van der Waals surface area contributed by atoms with Crippen molar-refractivity contribution in [1.29, 1.82) is 5.26 Å². The number of fused-ring (bicyclic) bond motifs is 1. The molecular formula is C29H36FN. The van der Waals surface area contributed by atoms with Crippen LogP contribution in [0.4, 0.5) is 4.39 Å². The van der Waals surface area contributed by atoms with Gasteiger partial charge in [0.15, 0.2) is 0 Å². The molecule has 2 aliphatic rings. The number of aryl methyl sites for hydroxylation is 1. The van der Waals surface area contributed by atoms with Crippen LogP contribution in [0.15, 0.2) is 36.4 Å². The van der Waals surface area contributed by atoms with E-state index in [1.54, 1.807) is 12.1 Å². The number of nitrogens with zero attached hydrogens (tertiary/aromatic N) is 1. The molecule has 2 heteroatoms. The molecule has 2 aliphatic carbocycles. The Morgan fingerprint density at radius 3 is 2.26 bits per heavy atom. The quantitative estimate of drug-likeness (QED) is 0.416. The first-order valence-corrected chi connectivity index (χ1v) is 12.5. The van der Waals surface area contributed by atoms with Gasteiger partial charge in [0.25, 0.3) is 0 Å². The molecule has 2 aromatic carbocycles. The Balaban J connectivity index is 1.32. The zero-order chi connectivity index (χ0) is 21.6. The van der Waals surface area contributed by atoms with E-state index in [0.717, 1.165) is 42.2 Å². The molecule has 4 rings (SSSR count). The summed E-state index contributed by atoms with van der Waals surface area (Å²) in [4.78, 5) is 0. The van der Waals surface area contributed by atoms with Crippen LogP contribution in [0.2, 0.25) is 0 Å². The lowest BCUT2D eigenvalue weighted by molar-refractivity contribution is 0.302. The minimum Gasteiger partial charge on any atom is -0.206 e. The zero-order valence-corrected chi connectivity index (χ0v) is 19.0. The third-order valence-corrected chi connectivity index (χ3v) is 7.83. The second kappa shape index (κ2) is 10.4. The molecule has 0 saturated heterocycles. The molecule has 0 N–H and O–H groups in total. The summed E-state index contributed by atoms with van der Waals surface area (Å²) < 4.78 is 14.1. The van der Waals surface area contributed by atoms with E-state index in [0.29, 0.717) is 5.92 Å². The topological polar surface area (TPSA) is 23.8 Å². The number of hydrogen-bond acceptors (Lipinski definition) is 1. The molecule has 0 aliphatic heterocycles. The summed E-state index contributed by atoms with van der Waals surface area (Å²) in [5.41, 5.74) is 5.29. The summed E-state index contributed by atoms with van der Waals surface area (Å²) in [6.07, 6.45) is 15.3. The highest BCUT2D eigenvalue weighted by atomic mass is 19.1. The highest BCUT2D eigenvalue weighted by Crippen LogP contribution is 2.39. The molecule has 1 atom stereocenters. The predicted octanol–water partition coefficient (Wildman–Crippen LogP) is 8.21. The Morgan fingerprint density at radius 2 is 1.58 bits per heavy atom. The van der Waals surface area contributed by atoms with Gasteiger partial charge in [0.05, 0.1) is 5.56 Å². The van der Waals surface area contributed by atoms with Gasteiger partial charge in [-0.1, -0.05) is 63.3 Å². The Kier molecular flexibility index (Phi) is 7.44. The molecule has 164 valence electrons. The number of rotatable bonds is 7. The number of unbranched alkanes of at least 4 members (excludes halogenated alkanes) is 3. The van der Waals surface area contributed by atoms with Crippen LogP contribution < -0.4 is 0 Å². The Labute approximate surface area is 187 Å². The second-order valence-corrected chi connectivity index (χ2v) is 9.89. The van der Waals surface area contributed by atoms with Gasteiger partial charge in [-0.15, -0.1) is 0 Å². The molecule has 1 unspecified atom stereocenters. The van der Waals surface area contributed by atoms with E-state index < -0.39 is 0 Å². The first-order chi connectivity index (χ1) is 15.2. The van der Waals surface area contributed by atoms with Crippen LogP contribution in [-0.2, 0) is 12.8 Å². The number of hydrogen-bond donors (Lipinski definition) is 0. The van der Waals surface area contributed by atoms with Crippen molar-refractivity contribution in [3.63, 3.8) is 0 Å². The lowest BCUT2D eigenvalue weighted by atomic mass is 9.76. The van der Waals surface area contributed by atoms with E-state index in [4.69, 9.17) is 5.26 Å². The molecule has 0 radical (unpaired) electrons. The van der Waals surface area contributed by atoms with Gasteiger partial charge in [-0.25, -0.2) is 4.39 Å². The highest BCUT2D eigenvalue weighted by Gasteiger charge is 2.24. The molecule has 1 fully saturated rings. The standard InChI is InChI=1S/C29H36FN/c1-2-3-4-5-6-21-7-9-22(10-8-21)23-11-13-24(14-12-23)25-15-16-26-18-28(20-31)29(30)19-27(26)17-25/h11-14,18-19,21-22,25H,2-10,15-17H2,1H3. The fraction of sp³-hybridized carbons (Fsp3) is 0.552. The van der Waals surface area contributed by atoms with Crippen LogP contribution in [0.25, 0.3) is 0 Å². The Bertz CT molecular complexity index is 900. The van der Waals surface area contributed by atoms with E-state index in [9.17, 15) is 4.39 Å². The minimum atomic E-state index is -0.377. The van der Waals surface area contributed by atoms with Gasteiger partial charge in [-0.05, 0) is 97.1 Å². The van der Waals surface area contributed by atoms with Gasteiger partial charge in [0.2, 0.25) is 0 Å². The molecule has 0 bridgehead atoms. The highest BCUT2D eigenvalue weighted by molar-refractivity contribution is 5.42. The van der Waals surface area contributed by atoms with Gasteiger partial charge in [-0.2, -0.15) is 5.26 Å². The summed E-state index contributed by atoms with van der Waals surface area (Å²) in [7, 11) is 0. The second-order valence-electron chi connectivity index (χ2n) is 9.89. The largest absolute Gasteiger partial charge is 0.206 e. The number of halogens is 1. The third kappa shape index (κ3) is 5.38. The Hall–Kier alpha value is -2.14. The summed E-state index contributed by atoms with van der Waals surface area (Å²) in [5, 5.41) is 9.07. The van der Waals surface area contributed by atoms with Crippen molar-refractivity contribution in [2.45, 2.75) is 95.8 Å². The van der Waals surface area contributed by atoms with Gasteiger partial charge < -0.3 is 0 Å². The lowest BCUT2D eigenvalue weighted by Gasteiger charge is -2.29. The summed E-state index contributed by atoms with van der Waals surface area (Å²) in [5.74, 6) is 1.76. The lowest BCUT2D eigenvalue weighted by Crippen LogP contribution is -2.15. The van der Waals surface area contributed by atoms with Crippen molar-refractivity contribution >= 4 is 0 Å². The normalized spacial score (nSPS) is 23.2. The Morgan fingerprint density at radius 1 is 0.871 bits per heavy atom. The van der Waals surface area contributed by atoms with Gasteiger partial charge in [0, 0.05) is 0 Å². The van der Waals surface area contributed by atoms with Crippen molar-refractivity contribution in [2.24, 2.45) is 5.92 Å². The van der Waals surface area contributed by atoms with Crippen LogP contribution in [0.1, 0.15) is 111 Å². The fourth-order valence-electron chi connectivity index (χ4n) is 5.83. The average molecular weight is 418 g/mol. The molecule has 2 aromatic rings. The maximum atomic E-state index is 14.1. The van der Waals surface area contributed by atoms with Crippen LogP contribution in [-0.4, -0.2) is 0 Å². The SMILES string of the molecule is CCCCCCC1CCC(c2ccc(C3CCc4cc(C#N)c(F)cc4C3)cc2)CC1. The fourth-order valence-corrected chi connectivity index (χ4v) is 5.83. The van der Waals surface area contributed by atoms with Crippen LogP contribution >= 0.6 is 0 Å². The number of benzene rings is 2. The number of nitriles is 1. The van der Waals surface area contributed by atoms with Crippen LogP contribution in [0, 0.1) is 23.1 Å². The van der Waals surface area contributed by atoms with Crippen LogP contribution in [0.3, 0.4) is 0 Å². The molecule has 0 heterocycles. The van der Waals surface area contributed by atoms with E-state index in [1.165, 1.54) is 68.9 Å². The molecule has 0 amide bonds.